The van der Waals surface area contributed by atoms with E-state index in [9.17, 15) is 14.4 Å². The van der Waals surface area contributed by atoms with Crippen LogP contribution >= 0.6 is 0 Å². The van der Waals surface area contributed by atoms with Gasteiger partial charge in [0.25, 0.3) is 5.91 Å². The van der Waals surface area contributed by atoms with Gasteiger partial charge in [0.05, 0.1) is 18.2 Å². The van der Waals surface area contributed by atoms with Crippen molar-refractivity contribution in [3.63, 3.8) is 0 Å². The fourth-order valence-electron chi connectivity index (χ4n) is 3.51. The lowest BCUT2D eigenvalue weighted by atomic mass is 9.97. The number of alkyl carbamates (subject to hydrolysis) is 1. The molecule has 0 unspecified atom stereocenters. The maximum absolute atomic E-state index is 13.0. The van der Waals surface area contributed by atoms with Crippen LogP contribution in [0.25, 0.3) is 0 Å². The zero-order chi connectivity index (χ0) is 23.3. The van der Waals surface area contributed by atoms with Crippen LogP contribution in [-0.2, 0) is 16.0 Å². The van der Waals surface area contributed by atoms with Gasteiger partial charge in [-0.2, -0.15) is 0 Å². The van der Waals surface area contributed by atoms with Crippen LogP contribution in [0, 0.1) is 0 Å². The lowest BCUT2D eigenvalue weighted by Gasteiger charge is -2.29. The Morgan fingerprint density at radius 2 is 1.84 bits per heavy atom. The number of para-hydroxylation sites is 1. The first-order valence-corrected chi connectivity index (χ1v) is 10.5. The number of nitrogens with one attached hydrogen (secondary N) is 2. The van der Waals surface area contributed by atoms with Crippen molar-refractivity contribution in [2.24, 2.45) is 5.73 Å². The predicted molar refractivity (Wildman–Crippen MR) is 119 cm³/mol. The maximum Gasteiger partial charge on any atom is 0.408 e. The van der Waals surface area contributed by atoms with Gasteiger partial charge in [0.1, 0.15) is 17.4 Å². The summed E-state index contributed by atoms with van der Waals surface area (Å²) in [7, 11) is 0. The number of primary amides is 1. The molecule has 3 amide bonds. The van der Waals surface area contributed by atoms with Crippen LogP contribution in [0.1, 0.15) is 54.7 Å². The average molecular weight is 440 g/mol. The summed E-state index contributed by atoms with van der Waals surface area (Å²) in [6, 6.07) is 13.2. The van der Waals surface area contributed by atoms with Gasteiger partial charge in [-0.15, -0.1) is 0 Å². The second-order valence-corrected chi connectivity index (χ2v) is 8.68. The lowest BCUT2D eigenvalue weighted by molar-refractivity contribution is -0.119. The first-order chi connectivity index (χ1) is 15.1. The third kappa shape index (κ3) is 6.00. The Bertz CT molecular complexity index is 985. The minimum atomic E-state index is -0.875. The fraction of sp³-hybridized carbons (Fsp3) is 0.375. The van der Waals surface area contributed by atoms with Crippen molar-refractivity contribution in [2.45, 2.75) is 51.3 Å². The van der Waals surface area contributed by atoms with E-state index in [4.69, 9.17) is 15.2 Å². The van der Waals surface area contributed by atoms with Gasteiger partial charge in [0.2, 0.25) is 5.91 Å². The highest BCUT2D eigenvalue weighted by Crippen LogP contribution is 2.35. The second-order valence-electron chi connectivity index (χ2n) is 8.68. The largest absolute Gasteiger partial charge is 0.492 e. The van der Waals surface area contributed by atoms with Crippen molar-refractivity contribution in [3.05, 3.63) is 65.2 Å². The summed E-state index contributed by atoms with van der Waals surface area (Å²) in [5.41, 5.74) is 6.74. The number of benzene rings is 2. The van der Waals surface area contributed by atoms with E-state index in [1.54, 1.807) is 39.0 Å². The Hall–Kier alpha value is -3.55. The number of hydrogen-bond acceptors (Lipinski definition) is 5. The van der Waals surface area contributed by atoms with Crippen LogP contribution in [0.4, 0.5) is 4.79 Å². The van der Waals surface area contributed by atoms with Gasteiger partial charge in [-0.3, -0.25) is 9.59 Å². The first-order valence-electron chi connectivity index (χ1n) is 10.5. The van der Waals surface area contributed by atoms with Crippen molar-refractivity contribution in [1.29, 1.82) is 0 Å². The van der Waals surface area contributed by atoms with E-state index in [0.29, 0.717) is 24.3 Å². The molecule has 1 aliphatic rings. The standard InChI is InChI=1S/C24H29N3O5/c1-24(2,3)32-23(30)27-18-12-13-31-20-16(18)10-7-11-17(20)22(29)26-19(21(25)28)14-15-8-5-4-6-9-15/h4-11,18-19H,12-14H2,1-3H3,(H2,25,28)(H,26,29)(H,27,30)/t18-,19-/m0/s1. The van der Waals surface area contributed by atoms with Crippen molar-refractivity contribution in [3.8, 4) is 5.75 Å². The molecule has 8 nitrogen and oxygen atoms in total. The number of carbonyl (C=O) groups excluding carboxylic acids is 3. The van der Waals surface area contributed by atoms with Crippen LogP contribution in [0.15, 0.2) is 48.5 Å². The van der Waals surface area contributed by atoms with E-state index in [2.05, 4.69) is 10.6 Å². The molecule has 2 aromatic carbocycles. The molecule has 0 bridgehead atoms. The smallest absolute Gasteiger partial charge is 0.408 e. The van der Waals surface area contributed by atoms with E-state index < -0.39 is 29.6 Å². The van der Waals surface area contributed by atoms with Crippen molar-refractivity contribution in [2.75, 3.05) is 6.61 Å². The van der Waals surface area contributed by atoms with Crippen molar-refractivity contribution in [1.82, 2.24) is 10.6 Å². The number of fused-ring (bicyclic) bond motifs is 1. The van der Waals surface area contributed by atoms with Crippen LogP contribution in [0.2, 0.25) is 0 Å². The van der Waals surface area contributed by atoms with Gasteiger partial charge in [-0.1, -0.05) is 42.5 Å². The molecule has 1 heterocycles. The van der Waals surface area contributed by atoms with Gasteiger partial charge in [0, 0.05) is 18.4 Å². The predicted octanol–water partition coefficient (Wildman–Crippen LogP) is 2.86. The molecule has 32 heavy (non-hydrogen) atoms. The Balaban J connectivity index is 1.78. The third-order valence-corrected chi connectivity index (χ3v) is 4.94. The first kappa shape index (κ1) is 23.1. The topological polar surface area (TPSA) is 120 Å². The molecule has 0 fully saturated rings. The molecule has 3 rings (SSSR count). The molecule has 4 N–H and O–H groups in total. The number of hydrogen-bond donors (Lipinski definition) is 3. The second kappa shape index (κ2) is 9.72. The third-order valence-electron chi connectivity index (χ3n) is 4.94. The average Bonchev–Trinajstić information content (AvgIpc) is 2.72. The molecular weight excluding hydrogens is 410 g/mol. The van der Waals surface area contributed by atoms with Crippen LogP contribution in [0.5, 0.6) is 5.75 Å². The molecule has 0 spiro atoms. The lowest BCUT2D eigenvalue weighted by Crippen LogP contribution is -2.46. The van der Waals surface area contributed by atoms with Crippen LogP contribution in [0.3, 0.4) is 0 Å². The quantitative estimate of drug-likeness (QED) is 0.639. The molecule has 8 heteroatoms. The molecule has 0 aliphatic carbocycles. The number of ether oxygens (including phenoxy) is 2. The zero-order valence-electron chi connectivity index (χ0n) is 18.5. The minimum absolute atomic E-state index is 0.275. The van der Waals surface area contributed by atoms with Gasteiger partial charge in [-0.25, -0.2) is 4.79 Å². The molecule has 0 radical (unpaired) electrons. The Kier molecular flexibility index (Phi) is 7.02. The Labute approximate surface area is 187 Å². The van der Waals surface area contributed by atoms with Gasteiger partial charge < -0.3 is 25.8 Å². The Morgan fingerprint density at radius 3 is 2.50 bits per heavy atom. The summed E-state index contributed by atoms with van der Waals surface area (Å²) in [5, 5.41) is 5.55. The van der Waals surface area contributed by atoms with Gasteiger partial charge in [0.15, 0.2) is 0 Å². The highest BCUT2D eigenvalue weighted by Gasteiger charge is 2.29. The highest BCUT2D eigenvalue weighted by atomic mass is 16.6. The molecule has 170 valence electrons. The van der Waals surface area contributed by atoms with Crippen LogP contribution in [-0.4, -0.2) is 36.2 Å². The zero-order valence-corrected chi connectivity index (χ0v) is 18.5. The summed E-state index contributed by atoms with van der Waals surface area (Å²) in [5.74, 6) is -0.725. The van der Waals surface area contributed by atoms with E-state index >= 15 is 0 Å². The van der Waals surface area contributed by atoms with E-state index in [1.807, 2.05) is 30.3 Å². The summed E-state index contributed by atoms with van der Waals surface area (Å²) in [6.07, 6.45) is 0.275. The molecule has 0 saturated heterocycles. The van der Waals surface area contributed by atoms with Crippen molar-refractivity contribution < 1.29 is 23.9 Å². The SMILES string of the molecule is CC(C)(C)OC(=O)N[C@H]1CCOc2c(C(=O)N[C@@H](Cc3ccccc3)C(N)=O)cccc21. The highest BCUT2D eigenvalue weighted by molar-refractivity contribution is 6.00. The molecular formula is C24H29N3O5. The number of amides is 3. The number of carbonyl (C=O) groups is 3. The van der Waals surface area contributed by atoms with Crippen molar-refractivity contribution >= 4 is 17.9 Å². The summed E-state index contributed by atoms with van der Waals surface area (Å²) in [6.45, 7) is 5.69. The Morgan fingerprint density at radius 1 is 1.12 bits per heavy atom. The van der Waals surface area contributed by atoms with E-state index in [1.165, 1.54) is 0 Å². The number of rotatable bonds is 6. The molecule has 2 aromatic rings. The molecule has 0 saturated carbocycles. The molecule has 0 aromatic heterocycles. The summed E-state index contributed by atoms with van der Waals surface area (Å²) in [4.78, 5) is 37.2. The van der Waals surface area contributed by atoms with Gasteiger partial charge >= 0.3 is 6.09 Å². The molecule has 1 aliphatic heterocycles. The van der Waals surface area contributed by atoms with Gasteiger partial charge in [-0.05, 0) is 32.4 Å². The molecule has 2 atom stereocenters. The number of nitrogens with two attached hydrogens (primary N) is 1. The summed E-state index contributed by atoms with van der Waals surface area (Å²) < 4.78 is 11.1. The maximum atomic E-state index is 13.0. The van der Waals surface area contributed by atoms with E-state index in [0.717, 1.165) is 5.56 Å². The fourth-order valence-corrected chi connectivity index (χ4v) is 3.51. The normalized spacial score (nSPS) is 16.2. The van der Waals surface area contributed by atoms with E-state index in [-0.39, 0.29) is 18.0 Å². The monoisotopic (exact) mass is 439 g/mol. The summed E-state index contributed by atoms with van der Waals surface area (Å²) >= 11 is 0. The van der Waals surface area contributed by atoms with Crippen LogP contribution < -0.4 is 21.1 Å². The minimum Gasteiger partial charge on any atom is -0.492 e.